The number of nitriles is 1. The van der Waals surface area contributed by atoms with E-state index in [1.165, 1.54) is 50.5 Å². The zero-order valence-corrected chi connectivity index (χ0v) is 16.0. The normalized spacial score (nSPS) is 19.3. The zero-order chi connectivity index (χ0) is 19.1. The highest BCUT2D eigenvalue weighted by Gasteiger charge is 2.22. The number of rotatable bonds is 6. The van der Waals surface area contributed by atoms with E-state index in [4.69, 9.17) is 10.00 Å². The predicted octanol–water partition coefficient (Wildman–Crippen LogP) is 6.24. The highest BCUT2D eigenvalue weighted by Crippen LogP contribution is 2.37. The van der Waals surface area contributed by atoms with Crippen LogP contribution < -0.4 is 4.74 Å². The molecule has 0 N–H and O–H groups in total. The minimum atomic E-state index is -0.366. The van der Waals surface area contributed by atoms with Gasteiger partial charge in [-0.3, -0.25) is 0 Å². The first-order valence-corrected chi connectivity index (χ1v) is 10.0. The summed E-state index contributed by atoms with van der Waals surface area (Å²) in [6.45, 7) is 2.26. The molecule has 0 unspecified atom stereocenters. The van der Waals surface area contributed by atoms with Crippen molar-refractivity contribution in [3.05, 3.63) is 65.2 Å². The number of nitrogens with zero attached hydrogens (tertiary/aromatic N) is 1. The van der Waals surface area contributed by atoms with Gasteiger partial charge in [0.2, 0.25) is 0 Å². The molecule has 0 saturated heterocycles. The van der Waals surface area contributed by atoms with Gasteiger partial charge in [-0.1, -0.05) is 38.3 Å². The molecule has 0 atom stereocenters. The summed E-state index contributed by atoms with van der Waals surface area (Å²) in [6, 6.07) is 16.5. The molecule has 2 aromatic carbocycles. The van der Waals surface area contributed by atoms with Gasteiger partial charge in [0, 0.05) is 0 Å². The van der Waals surface area contributed by atoms with E-state index in [1.807, 2.05) is 18.2 Å². The monoisotopic (exact) mass is 361 g/mol. The lowest BCUT2D eigenvalue weighted by atomic mass is 9.77. The van der Waals surface area contributed by atoms with Gasteiger partial charge in [0.05, 0.1) is 17.2 Å². The second-order valence-corrected chi connectivity index (χ2v) is 7.51. The van der Waals surface area contributed by atoms with Gasteiger partial charge >= 0.3 is 5.97 Å². The van der Waals surface area contributed by atoms with Gasteiger partial charge < -0.3 is 4.74 Å². The molecule has 0 bridgehead atoms. The lowest BCUT2D eigenvalue weighted by molar-refractivity contribution is 0.0734. The van der Waals surface area contributed by atoms with Gasteiger partial charge in [0.1, 0.15) is 5.75 Å². The maximum absolute atomic E-state index is 12.3. The van der Waals surface area contributed by atoms with Gasteiger partial charge in [-0.2, -0.15) is 5.26 Å². The predicted molar refractivity (Wildman–Crippen MR) is 107 cm³/mol. The molecule has 0 amide bonds. The van der Waals surface area contributed by atoms with E-state index in [0.717, 1.165) is 5.92 Å². The van der Waals surface area contributed by atoms with Crippen LogP contribution in [0.3, 0.4) is 0 Å². The standard InChI is InChI=1S/C24H27NO2/c1-2-3-4-18-5-9-20(10-6-18)21-11-13-22(14-12-21)24(26)27-23-15-7-19(17-25)8-16-23/h7-8,11-16,18,20H,2-6,9-10H2,1H3. The molecule has 1 aliphatic carbocycles. The summed E-state index contributed by atoms with van der Waals surface area (Å²) in [5, 5.41) is 8.82. The highest BCUT2D eigenvalue weighted by atomic mass is 16.5. The van der Waals surface area contributed by atoms with Gasteiger partial charge in [-0.15, -0.1) is 0 Å². The van der Waals surface area contributed by atoms with Crippen LogP contribution in [0, 0.1) is 17.2 Å². The number of ether oxygens (including phenoxy) is 1. The molecule has 3 heteroatoms. The fourth-order valence-electron chi connectivity index (χ4n) is 3.93. The van der Waals surface area contributed by atoms with Gasteiger partial charge in [-0.05, 0) is 79.5 Å². The van der Waals surface area contributed by atoms with E-state index in [1.54, 1.807) is 24.3 Å². The summed E-state index contributed by atoms with van der Waals surface area (Å²) < 4.78 is 5.39. The Morgan fingerprint density at radius 1 is 1.04 bits per heavy atom. The van der Waals surface area contributed by atoms with Crippen molar-refractivity contribution >= 4 is 5.97 Å². The van der Waals surface area contributed by atoms with Crippen LogP contribution in [0.4, 0.5) is 0 Å². The Kier molecular flexibility index (Phi) is 6.65. The lowest BCUT2D eigenvalue weighted by Gasteiger charge is -2.28. The van der Waals surface area contributed by atoms with Crippen molar-refractivity contribution in [2.75, 3.05) is 0 Å². The summed E-state index contributed by atoms with van der Waals surface area (Å²) in [5.41, 5.74) is 2.43. The summed E-state index contributed by atoms with van der Waals surface area (Å²) in [7, 11) is 0. The smallest absolute Gasteiger partial charge is 0.343 e. The molecule has 1 aliphatic rings. The first-order valence-electron chi connectivity index (χ1n) is 10.0. The fourth-order valence-corrected chi connectivity index (χ4v) is 3.93. The Morgan fingerprint density at radius 2 is 1.70 bits per heavy atom. The summed E-state index contributed by atoms with van der Waals surface area (Å²) >= 11 is 0. The molecule has 0 radical (unpaired) electrons. The molecule has 0 spiro atoms. The minimum Gasteiger partial charge on any atom is -0.423 e. The second kappa shape index (κ2) is 9.37. The van der Waals surface area contributed by atoms with Crippen molar-refractivity contribution in [1.29, 1.82) is 5.26 Å². The number of benzene rings is 2. The number of unbranched alkanes of at least 4 members (excludes halogenated alkanes) is 1. The fraction of sp³-hybridized carbons (Fsp3) is 0.417. The van der Waals surface area contributed by atoms with Crippen molar-refractivity contribution < 1.29 is 9.53 Å². The summed E-state index contributed by atoms with van der Waals surface area (Å²) in [4.78, 5) is 12.3. The molecule has 0 heterocycles. The molecule has 1 fully saturated rings. The van der Waals surface area contributed by atoms with Crippen LogP contribution in [-0.2, 0) is 0 Å². The topological polar surface area (TPSA) is 50.1 Å². The van der Waals surface area contributed by atoms with Crippen molar-refractivity contribution in [3.8, 4) is 11.8 Å². The summed E-state index contributed by atoms with van der Waals surface area (Å²) in [5.74, 6) is 1.61. The van der Waals surface area contributed by atoms with E-state index in [-0.39, 0.29) is 5.97 Å². The Labute approximate surface area is 162 Å². The molecular weight excluding hydrogens is 334 g/mol. The molecule has 3 rings (SSSR count). The molecule has 1 saturated carbocycles. The first-order chi connectivity index (χ1) is 13.2. The molecule has 140 valence electrons. The van der Waals surface area contributed by atoms with Crippen molar-refractivity contribution in [1.82, 2.24) is 0 Å². The highest BCUT2D eigenvalue weighted by molar-refractivity contribution is 5.91. The quantitative estimate of drug-likeness (QED) is 0.452. The van der Waals surface area contributed by atoms with Gasteiger partial charge in [-0.25, -0.2) is 4.79 Å². The van der Waals surface area contributed by atoms with Crippen molar-refractivity contribution in [2.24, 2.45) is 5.92 Å². The SMILES string of the molecule is CCCCC1CCC(c2ccc(C(=O)Oc3ccc(C#N)cc3)cc2)CC1. The van der Waals surface area contributed by atoms with Gasteiger partial charge in [0.25, 0.3) is 0 Å². The number of hydrogen-bond acceptors (Lipinski definition) is 3. The van der Waals surface area contributed by atoms with Crippen molar-refractivity contribution in [2.45, 2.75) is 57.8 Å². The van der Waals surface area contributed by atoms with Gasteiger partial charge in [0.15, 0.2) is 0 Å². The zero-order valence-electron chi connectivity index (χ0n) is 16.0. The Morgan fingerprint density at radius 3 is 2.30 bits per heavy atom. The maximum Gasteiger partial charge on any atom is 0.343 e. The van der Waals surface area contributed by atoms with E-state index < -0.39 is 0 Å². The average Bonchev–Trinajstić information content (AvgIpc) is 2.73. The third kappa shape index (κ3) is 5.20. The first kappa shape index (κ1) is 19.2. The molecule has 3 nitrogen and oxygen atoms in total. The molecule has 2 aromatic rings. The largest absolute Gasteiger partial charge is 0.423 e. The van der Waals surface area contributed by atoms with Crippen LogP contribution in [0.1, 0.15) is 79.3 Å². The molecule has 0 aromatic heterocycles. The van der Waals surface area contributed by atoms with Crippen LogP contribution in [0.25, 0.3) is 0 Å². The third-order valence-corrected chi connectivity index (χ3v) is 5.62. The molecule has 0 aliphatic heterocycles. The van der Waals surface area contributed by atoms with E-state index in [2.05, 4.69) is 19.1 Å². The van der Waals surface area contributed by atoms with E-state index in [9.17, 15) is 4.79 Å². The lowest BCUT2D eigenvalue weighted by Crippen LogP contribution is -2.14. The average molecular weight is 361 g/mol. The number of carbonyl (C=O) groups is 1. The van der Waals surface area contributed by atoms with Crippen LogP contribution in [0.2, 0.25) is 0 Å². The number of esters is 1. The minimum absolute atomic E-state index is 0.366. The van der Waals surface area contributed by atoms with Crippen LogP contribution in [0.15, 0.2) is 48.5 Å². The molecule has 27 heavy (non-hydrogen) atoms. The Hall–Kier alpha value is -2.60. The Bertz CT molecular complexity index is 779. The maximum atomic E-state index is 12.3. The third-order valence-electron chi connectivity index (χ3n) is 5.62. The van der Waals surface area contributed by atoms with Crippen LogP contribution >= 0.6 is 0 Å². The van der Waals surface area contributed by atoms with Crippen LogP contribution in [-0.4, -0.2) is 5.97 Å². The van der Waals surface area contributed by atoms with E-state index in [0.29, 0.717) is 22.8 Å². The number of hydrogen-bond donors (Lipinski definition) is 0. The summed E-state index contributed by atoms with van der Waals surface area (Å²) in [6.07, 6.45) is 9.18. The van der Waals surface area contributed by atoms with Crippen molar-refractivity contribution in [3.63, 3.8) is 0 Å². The number of carbonyl (C=O) groups excluding carboxylic acids is 1. The van der Waals surface area contributed by atoms with Crippen LogP contribution in [0.5, 0.6) is 5.75 Å². The Balaban J connectivity index is 1.55. The second-order valence-electron chi connectivity index (χ2n) is 7.51. The molecular formula is C24H27NO2. The van der Waals surface area contributed by atoms with E-state index >= 15 is 0 Å².